The number of nitro groups is 1. The Kier molecular flexibility index (Phi) is 3.38. The predicted octanol–water partition coefficient (Wildman–Crippen LogP) is 1.86. The maximum Gasteiger partial charge on any atom is 0.269 e. The summed E-state index contributed by atoms with van der Waals surface area (Å²) < 4.78 is 1.89. The zero-order valence-electron chi connectivity index (χ0n) is 9.98. The van der Waals surface area contributed by atoms with Crippen LogP contribution in [0.25, 0.3) is 0 Å². The summed E-state index contributed by atoms with van der Waals surface area (Å²) in [7, 11) is 0. The Labute approximate surface area is 104 Å². The smallest absolute Gasteiger partial charge is 0.269 e. The first-order chi connectivity index (χ1) is 8.58. The molecule has 0 saturated carbocycles. The van der Waals surface area contributed by atoms with E-state index in [-0.39, 0.29) is 11.7 Å². The Hall–Kier alpha value is -2.21. The fourth-order valence-electron chi connectivity index (χ4n) is 1.81. The molecule has 0 saturated heterocycles. The average Bonchev–Trinajstić information content (AvgIpc) is 2.77. The Balaban J connectivity index is 2.26. The second-order valence-corrected chi connectivity index (χ2v) is 4.16. The SMILES string of the molecule is C[C@@H](N)c1cncn1Cc1cccc([N+](=O)[O-])c1. The molecular formula is C12H14N4O2. The second kappa shape index (κ2) is 4.97. The van der Waals surface area contributed by atoms with Gasteiger partial charge in [-0.25, -0.2) is 4.98 Å². The van der Waals surface area contributed by atoms with E-state index in [0.29, 0.717) is 6.54 Å². The average molecular weight is 246 g/mol. The molecule has 18 heavy (non-hydrogen) atoms. The molecule has 0 spiro atoms. The molecule has 2 N–H and O–H groups in total. The molecule has 0 unspecified atom stereocenters. The van der Waals surface area contributed by atoms with Crippen LogP contribution in [-0.2, 0) is 6.54 Å². The van der Waals surface area contributed by atoms with Crippen molar-refractivity contribution in [1.29, 1.82) is 0 Å². The highest BCUT2D eigenvalue weighted by Crippen LogP contribution is 2.16. The van der Waals surface area contributed by atoms with Crippen molar-refractivity contribution in [3.63, 3.8) is 0 Å². The van der Waals surface area contributed by atoms with Crippen LogP contribution in [0.5, 0.6) is 0 Å². The third-order valence-corrected chi connectivity index (χ3v) is 2.69. The summed E-state index contributed by atoms with van der Waals surface area (Å²) >= 11 is 0. The van der Waals surface area contributed by atoms with Crippen molar-refractivity contribution in [2.75, 3.05) is 0 Å². The van der Waals surface area contributed by atoms with Crippen LogP contribution in [0.15, 0.2) is 36.8 Å². The molecule has 6 nitrogen and oxygen atoms in total. The molecule has 1 heterocycles. The van der Waals surface area contributed by atoms with Crippen LogP contribution < -0.4 is 5.73 Å². The van der Waals surface area contributed by atoms with E-state index in [1.807, 2.05) is 17.6 Å². The number of hydrogen-bond acceptors (Lipinski definition) is 4. The monoisotopic (exact) mass is 246 g/mol. The minimum absolute atomic E-state index is 0.0926. The highest BCUT2D eigenvalue weighted by molar-refractivity contribution is 5.34. The Morgan fingerprint density at radius 2 is 2.33 bits per heavy atom. The van der Waals surface area contributed by atoms with Crippen LogP contribution in [0.1, 0.15) is 24.2 Å². The van der Waals surface area contributed by atoms with Crippen LogP contribution >= 0.6 is 0 Å². The van der Waals surface area contributed by atoms with Crippen molar-refractivity contribution in [3.8, 4) is 0 Å². The molecule has 0 amide bonds. The molecule has 0 aliphatic carbocycles. The van der Waals surface area contributed by atoms with Crippen LogP contribution in [-0.4, -0.2) is 14.5 Å². The molecule has 94 valence electrons. The number of imidazole rings is 1. The minimum Gasteiger partial charge on any atom is -0.329 e. The van der Waals surface area contributed by atoms with Crippen molar-refractivity contribution in [2.24, 2.45) is 5.73 Å². The summed E-state index contributed by atoms with van der Waals surface area (Å²) in [6, 6.07) is 6.44. The van der Waals surface area contributed by atoms with E-state index in [2.05, 4.69) is 4.98 Å². The molecule has 0 bridgehead atoms. The van der Waals surface area contributed by atoms with E-state index in [0.717, 1.165) is 11.3 Å². The van der Waals surface area contributed by atoms with Gasteiger partial charge in [0.05, 0.1) is 16.9 Å². The highest BCUT2D eigenvalue weighted by Gasteiger charge is 2.09. The predicted molar refractivity (Wildman–Crippen MR) is 67.0 cm³/mol. The van der Waals surface area contributed by atoms with Gasteiger partial charge in [-0.3, -0.25) is 10.1 Å². The normalized spacial score (nSPS) is 12.3. The van der Waals surface area contributed by atoms with E-state index in [1.165, 1.54) is 6.07 Å². The van der Waals surface area contributed by atoms with E-state index in [4.69, 9.17) is 5.73 Å². The fourth-order valence-corrected chi connectivity index (χ4v) is 1.81. The first-order valence-electron chi connectivity index (χ1n) is 5.57. The number of rotatable bonds is 4. The summed E-state index contributed by atoms with van der Waals surface area (Å²) in [6.45, 7) is 2.40. The van der Waals surface area contributed by atoms with Crippen LogP contribution in [0.3, 0.4) is 0 Å². The first-order valence-corrected chi connectivity index (χ1v) is 5.57. The lowest BCUT2D eigenvalue weighted by Gasteiger charge is -2.10. The number of hydrogen-bond donors (Lipinski definition) is 1. The van der Waals surface area contributed by atoms with Gasteiger partial charge in [-0.15, -0.1) is 0 Å². The maximum absolute atomic E-state index is 10.7. The number of nitro benzene ring substituents is 1. The van der Waals surface area contributed by atoms with Gasteiger partial charge in [-0.2, -0.15) is 0 Å². The summed E-state index contributed by atoms with van der Waals surface area (Å²) in [6.07, 6.45) is 3.39. The van der Waals surface area contributed by atoms with Gasteiger partial charge in [-0.05, 0) is 12.5 Å². The van der Waals surface area contributed by atoms with Crippen molar-refractivity contribution >= 4 is 5.69 Å². The summed E-state index contributed by atoms with van der Waals surface area (Å²) in [5, 5.41) is 10.7. The van der Waals surface area contributed by atoms with Crippen molar-refractivity contribution in [3.05, 3.63) is 58.2 Å². The molecule has 0 aliphatic rings. The molecule has 0 fully saturated rings. The standard InChI is InChI=1S/C12H14N4O2/c1-9(13)12-6-14-8-15(12)7-10-3-2-4-11(5-10)16(17)18/h2-6,8-9H,7,13H2,1H3/t9-/m1/s1. The molecule has 2 rings (SSSR count). The zero-order valence-corrected chi connectivity index (χ0v) is 9.98. The Morgan fingerprint density at radius 1 is 1.56 bits per heavy atom. The van der Waals surface area contributed by atoms with Gasteiger partial charge in [-0.1, -0.05) is 12.1 Å². The highest BCUT2D eigenvalue weighted by atomic mass is 16.6. The third kappa shape index (κ3) is 2.54. The minimum atomic E-state index is -0.399. The van der Waals surface area contributed by atoms with Crippen LogP contribution in [0.2, 0.25) is 0 Å². The summed E-state index contributed by atoms with van der Waals surface area (Å²) in [5.41, 5.74) is 7.67. The first kappa shape index (κ1) is 12.3. The van der Waals surface area contributed by atoms with E-state index in [9.17, 15) is 10.1 Å². The van der Waals surface area contributed by atoms with E-state index in [1.54, 1.807) is 24.7 Å². The summed E-state index contributed by atoms with van der Waals surface area (Å²) in [5.74, 6) is 0. The van der Waals surface area contributed by atoms with Gasteiger partial charge >= 0.3 is 0 Å². The molecule has 1 aromatic heterocycles. The number of non-ortho nitro benzene ring substituents is 1. The Morgan fingerprint density at radius 3 is 3.00 bits per heavy atom. The quantitative estimate of drug-likeness (QED) is 0.658. The molecule has 2 aromatic rings. The van der Waals surface area contributed by atoms with Crippen LogP contribution in [0, 0.1) is 10.1 Å². The van der Waals surface area contributed by atoms with Gasteiger partial charge in [0, 0.05) is 30.9 Å². The van der Waals surface area contributed by atoms with E-state index >= 15 is 0 Å². The number of nitrogens with zero attached hydrogens (tertiary/aromatic N) is 3. The third-order valence-electron chi connectivity index (χ3n) is 2.69. The van der Waals surface area contributed by atoms with Gasteiger partial charge in [0.2, 0.25) is 0 Å². The molecule has 1 aromatic carbocycles. The van der Waals surface area contributed by atoms with Crippen molar-refractivity contribution in [1.82, 2.24) is 9.55 Å². The van der Waals surface area contributed by atoms with Crippen molar-refractivity contribution < 1.29 is 4.92 Å². The maximum atomic E-state index is 10.7. The molecule has 0 radical (unpaired) electrons. The number of benzene rings is 1. The molecule has 0 aliphatic heterocycles. The lowest BCUT2D eigenvalue weighted by Crippen LogP contribution is -2.12. The number of aromatic nitrogens is 2. The lowest BCUT2D eigenvalue weighted by molar-refractivity contribution is -0.384. The topological polar surface area (TPSA) is 87.0 Å². The second-order valence-electron chi connectivity index (χ2n) is 4.16. The van der Waals surface area contributed by atoms with E-state index < -0.39 is 4.92 Å². The molecule has 6 heteroatoms. The molecular weight excluding hydrogens is 232 g/mol. The zero-order chi connectivity index (χ0) is 13.1. The fraction of sp³-hybridized carbons (Fsp3) is 0.250. The Bertz CT molecular complexity index is 563. The van der Waals surface area contributed by atoms with Crippen molar-refractivity contribution in [2.45, 2.75) is 19.5 Å². The molecule has 1 atom stereocenters. The van der Waals surface area contributed by atoms with Gasteiger partial charge in [0.15, 0.2) is 0 Å². The van der Waals surface area contributed by atoms with Gasteiger partial charge < -0.3 is 10.3 Å². The van der Waals surface area contributed by atoms with Crippen LogP contribution in [0.4, 0.5) is 5.69 Å². The number of nitrogens with two attached hydrogens (primary N) is 1. The lowest BCUT2D eigenvalue weighted by atomic mass is 10.2. The van der Waals surface area contributed by atoms with Gasteiger partial charge in [0.25, 0.3) is 5.69 Å². The van der Waals surface area contributed by atoms with Gasteiger partial charge in [0.1, 0.15) is 0 Å². The summed E-state index contributed by atoms with van der Waals surface area (Å²) in [4.78, 5) is 14.3. The largest absolute Gasteiger partial charge is 0.329 e.